The van der Waals surface area contributed by atoms with Gasteiger partial charge in [-0.3, -0.25) is 4.79 Å². The van der Waals surface area contributed by atoms with E-state index in [0.717, 1.165) is 25.8 Å². The van der Waals surface area contributed by atoms with Gasteiger partial charge in [0.25, 0.3) is 5.91 Å². The van der Waals surface area contributed by atoms with Crippen LogP contribution in [0.15, 0.2) is 16.3 Å². The van der Waals surface area contributed by atoms with Crippen molar-refractivity contribution in [2.24, 2.45) is 5.92 Å². The van der Waals surface area contributed by atoms with E-state index >= 15 is 0 Å². The molecule has 0 spiro atoms. The van der Waals surface area contributed by atoms with E-state index in [0.29, 0.717) is 10.8 Å². The van der Waals surface area contributed by atoms with Crippen LogP contribution in [-0.4, -0.2) is 38.9 Å². The molecule has 5 nitrogen and oxygen atoms in total. The van der Waals surface area contributed by atoms with Gasteiger partial charge in [-0.15, -0.1) is 11.3 Å². The Bertz CT molecular complexity index is 609. The number of hydrogen-bond donors (Lipinski definition) is 1. The number of nitrogens with zero attached hydrogens (tertiary/aromatic N) is 1. The van der Waals surface area contributed by atoms with Crippen LogP contribution in [-0.2, 0) is 10.0 Å². The van der Waals surface area contributed by atoms with E-state index in [2.05, 4.69) is 18.6 Å². The highest BCUT2D eigenvalue weighted by atomic mass is 32.2. The van der Waals surface area contributed by atoms with Crippen LogP contribution < -0.4 is 4.72 Å². The van der Waals surface area contributed by atoms with Crippen LogP contribution in [0.5, 0.6) is 0 Å². The summed E-state index contributed by atoms with van der Waals surface area (Å²) in [5.41, 5.74) is 0. The number of likely N-dealkylation sites (tertiary alicyclic amines) is 1. The number of amides is 1. The first kappa shape index (κ1) is 16.5. The second kappa shape index (κ2) is 6.46. The Kier molecular flexibility index (Phi) is 5.06. The van der Waals surface area contributed by atoms with Crippen LogP contribution in [0.4, 0.5) is 0 Å². The third-order valence-corrected chi connectivity index (χ3v) is 6.45. The number of carbonyl (C=O) groups excluding carboxylic acids is 1. The largest absolute Gasteiger partial charge is 0.335 e. The lowest BCUT2D eigenvalue weighted by molar-refractivity contribution is 0.0682. The van der Waals surface area contributed by atoms with Gasteiger partial charge in [0.2, 0.25) is 10.0 Å². The second-order valence-corrected chi connectivity index (χ2v) is 8.49. The fourth-order valence-electron chi connectivity index (χ4n) is 2.64. The number of hydrogen-bond acceptors (Lipinski definition) is 4. The van der Waals surface area contributed by atoms with Crippen molar-refractivity contribution >= 4 is 27.3 Å². The summed E-state index contributed by atoms with van der Waals surface area (Å²) in [6.45, 7) is 4.96. The SMILES string of the molecule is CNS(=O)(=O)c1csc(C(=O)N2C[C@@H](C)CCC[C@H]2C)c1. The Labute approximate surface area is 130 Å². The molecule has 1 aromatic heterocycles. The molecule has 7 heteroatoms. The van der Waals surface area contributed by atoms with Crippen molar-refractivity contribution in [3.05, 3.63) is 16.3 Å². The Morgan fingerprint density at radius 2 is 2.10 bits per heavy atom. The molecular weight excluding hydrogens is 308 g/mol. The van der Waals surface area contributed by atoms with Crippen molar-refractivity contribution in [1.82, 2.24) is 9.62 Å². The molecule has 2 rings (SSSR count). The zero-order chi connectivity index (χ0) is 15.6. The highest BCUT2D eigenvalue weighted by molar-refractivity contribution is 7.89. The normalized spacial score (nSPS) is 23.9. The van der Waals surface area contributed by atoms with Gasteiger partial charge in [-0.1, -0.05) is 13.3 Å². The zero-order valence-corrected chi connectivity index (χ0v) is 14.3. The average Bonchev–Trinajstić information content (AvgIpc) is 2.88. The maximum atomic E-state index is 12.7. The topological polar surface area (TPSA) is 66.5 Å². The first-order valence-corrected chi connectivity index (χ1v) is 9.54. The molecule has 118 valence electrons. The fourth-order valence-corrected chi connectivity index (χ4v) is 4.60. The summed E-state index contributed by atoms with van der Waals surface area (Å²) >= 11 is 1.19. The highest BCUT2D eigenvalue weighted by Crippen LogP contribution is 2.26. The summed E-state index contributed by atoms with van der Waals surface area (Å²) in [5, 5.41) is 1.52. The van der Waals surface area contributed by atoms with E-state index in [-0.39, 0.29) is 16.8 Å². The summed E-state index contributed by atoms with van der Waals surface area (Å²) in [6, 6.07) is 1.68. The standard InChI is InChI=1S/C14H22N2O3S2/c1-10-5-4-6-11(2)16(8-10)14(17)13-7-12(9-20-13)21(18,19)15-3/h7,9-11,15H,4-6,8H2,1-3H3/t10-,11+/m0/s1. The Morgan fingerprint density at radius 1 is 1.38 bits per heavy atom. The molecule has 1 aromatic rings. The minimum absolute atomic E-state index is 0.0567. The first-order chi connectivity index (χ1) is 9.85. The second-order valence-electron chi connectivity index (χ2n) is 5.70. The quantitative estimate of drug-likeness (QED) is 0.925. The Balaban J connectivity index is 2.23. The maximum Gasteiger partial charge on any atom is 0.264 e. The van der Waals surface area contributed by atoms with Crippen LogP contribution >= 0.6 is 11.3 Å². The Morgan fingerprint density at radius 3 is 2.76 bits per heavy atom. The smallest absolute Gasteiger partial charge is 0.264 e. The van der Waals surface area contributed by atoms with Gasteiger partial charge in [0.1, 0.15) is 0 Å². The lowest BCUT2D eigenvalue weighted by Gasteiger charge is -2.28. The van der Waals surface area contributed by atoms with E-state index in [4.69, 9.17) is 0 Å². The third-order valence-electron chi connectivity index (χ3n) is 3.99. The molecule has 0 saturated carbocycles. The molecule has 0 aromatic carbocycles. The molecule has 0 aliphatic carbocycles. The monoisotopic (exact) mass is 330 g/mol. The molecule has 1 N–H and O–H groups in total. The van der Waals surface area contributed by atoms with Gasteiger partial charge >= 0.3 is 0 Å². The van der Waals surface area contributed by atoms with Gasteiger partial charge in [-0.2, -0.15) is 0 Å². The number of sulfonamides is 1. The molecule has 2 heterocycles. The predicted molar refractivity (Wildman–Crippen MR) is 84.1 cm³/mol. The summed E-state index contributed by atoms with van der Waals surface area (Å²) < 4.78 is 25.8. The zero-order valence-electron chi connectivity index (χ0n) is 12.6. The predicted octanol–water partition coefficient (Wildman–Crippen LogP) is 2.31. The molecular formula is C14H22N2O3S2. The summed E-state index contributed by atoms with van der Waals surface area (Å²) in [7, 11) is -2.12. The van der Waals surface area contributed by atoms with E-state index < -0.39 is 10.0 Å². The van der Waals surface area contributed by atoms with Crippen molar-refractivity contribution in [3.8, 4) is 0 Å². The highest BCUT2D eigenvalue weighted by Gasteiger charge is 2.27. The summed E-state index contributed by atoms with van der Waals surface area (Å²) in [4.78, 5) is 15.2. The van der Waals surface area contributed by atoms with Crippen molar-refractivity contribution in [2.45, 2.75) is 44.0 Å². The van der Waals surface area contributed by atoms with Gasteiger partial charge in [0.15, 0.2) is 0 Å². The molecule has 1 aliphatic heterocycles. The summed E-state index contributed by atoms with van der Waals surface area (Å²) in [5.74, 6) is 0.429. The number of carbonyl (C=O) groups is 1. The van der Waals surface area contributed by atoms with E-state index in [1.54, 1.807) is 0 Å². The number of rotatable bonds is 3. The molecule has 2 atom stereocenters. The van der Waals surface area contributed by atoms with E-state index in [1.807, 2.05) is 4.90 Å². The van der Waals surface area contributed by atoms with Crippen molar-refractivity contribution in [3.63, 3.8) is 0 Å². The van der Waals surface area contributed by atoms with Gasteiger partial charge in [0, 0.05) is 18.0 Å². The number of nitrogens with one attached hydrogen (secondary N) is 1. The van der Waals surface area contributed by atoms with E-state index in [1.165, 1.54) is 29.8 Å². The van der Waals surface area contributed by atoms with Crippen molar-refractivity contribution in [1.29, 1.82) is 0 Å². The Hall–Kier alpha value is -0.920. The van der Waals surface area contributed by atoms with Crippen LogP contribution in [0, 0.1) is 5.92 Å². The average molecular weight is 330 g/mol. The molecule has 21 heavy (non-hydrogen) atoms. The van der Waals surface area contributed by atoms with Crippen molar-refractivity contribution in [2.75, 3.05) is 13.6 Å². The van der Waals surface area contributed by atoms with Gasteiger partial charge in [0.05, 0.1) is 9.77 Å². The van der Waals surface area contributed by atoms with Crippen LogP contribution in [0.25, 0.3) is 0 Å². The molecule has 1 saturated heterocycles. The molecule has 0 unspecified atom stereocenters. The van der Waals surface area contributed by atoms with Crippen LogP contribution in [0.1, 0.15) is 42.8 Å². The minimum Gasteiger partial charge on any atom is -0.335 e. The third kappa shape index (κ3) is 3.64. The lowest BCUT2D eigenvalue weighted by atomic mass is 10.1. The van der Waals surface area contributed by atoms with Crippen LogP contribution in [0.2, 0.25) is 0 Å². The summed E-state index contributed by atoms with van der Waals surface area (Å²) in [6.07, 6.45) is 3.27. The van der Waals surface area contributed by atoms with Gasteiger partial charge in [-0.25, -0.2) is 13.1 Å². The maximum absolute atomic E-state index is 12.7. The lowest BCUT2D eigenvalue weighted by Crippen LogP contribution is -2.39. The van der Waals surface area contributed by atoms with Crippen LogP contribution in [0.3, 0.4) is 0 Å². The van der Waals surface area contributed by atoms with E-state index in [9.17, 15) is 13.2 Å². The van der Waals surface area contributed by atoms with Gasteiger partial charge in [-0.05, 0) is 38.8 Å². The first-order valence-electron chi connectivity index (χ1n) is 7.18. The molecule has 0 bridgehead atoms. The van der Waals surface area contributed by atoms with Crippen molar-refractivity contribution < 1.29 is 13.2 Å². The van der Waals surface area contributed by atoms with Gasteiger partial charge < -0.3 is 4.90 Å². The molecule has 1 amide bonds. The molecule has 0 radical (unpaired) electrons. The molecule has 1 fully saturated rings. The minimum atomic E-state index is -3.48. The molecule has 1 aliphatic rings. The fraction of sp³-hybridized carbons (Fsp3) is 0.643. The number of thiophene rings is 1.